The number of aliphatic carboxylic acids is 1. The summed E-state index contributed by atoms with van der Waals surface area (Å²) in [5.41, 5.74) is -0.890. The predicted molar refractivity (Wildman–Crippen MR) is 115 cm³/mol. The number of aryl methyl sites for hydroxylation is 1. The number of aliphatic hydroxyl groups is 1. The number of amides is 2. The highest BCUT2D eigenvalue weighted by Crippen LogP contribution is 2.51. The standard InChI is InChI=1S/C21H18BrClN2O6/c1-9-2-4-11(7-13(9)23)25-18(28)15-16(19(25)29)21(8-26,20(30)31)24-17(15)12-6-10(22)3-5-14(12)27/h2-7,15-17,24,26-27H,8H2,1H3,(H,30,31). The Labute approximate surface area is 190 Å². The van der Waals surface area contributed by atoms with Gasteiger partial charge in [-0.1, -0.05) is 33.6 Å². The fourth-order valence-electron chi connectivity index (χ4n) is 4.43. The van der Waals surface area contributed by atoms with E-state index in [0.717, 1.165) is 10.5 Å². The van der Waals surface area contributed by atoms with Crippen LogP contribution < -0.4 is 10.2 Å². The van der Waals surface area contributed by atoms with Gasteiger partial charge in [0.2, 0.25) is 11.8 Å². The smallest absolute Gasteiger partial charge is 0.327 e. The van der Waals surface area contributed by atoms with Gasteiger partial charge in [-0.2, -0.15) is 0 Å². The van der Waals surface area contributed by atoms with Crippen LogP contribution in [0.1, 0.15) is 17.2 Å². The molecule has 0 spiro atoms. The summed E-state index contributed by atoms with van der Waals surface area (Å²) in [5.74, 6) is -5.57. The molecule has 2 fully saturated rings. The van der Waals surface area contributed by atoms with Gasteiger partial charge in [-0.15, -0.1) is 0 Å². The zero-order valence-electron chi connectivity index (χ0n) is 16.2. The molecule has 2 aliphatic rings. The molecule has 4 rings (SSSR count). The molecular weight excluding hydrogens is 492 g/mol. The van der Waals surface area contributed by atoms with Crippen molar-refractivity contribution in [2.75, 3.05) is 11.5 Å². The van der Waals surface area contributed by atoms with Crippen LogP contribution in [-0.2, 0) is 14.4 Å². The summed E-state index contributed by atoms with van der Waals surface area (Å²) >= 11 is 9.47. The average Bonchev–Trinajstić information content (AvgIpc) is 3.21. The van der Waals surface area contributed by atoms with E-state index < -0.39 is 47.8 Å². The van der Waals surface area contributed by atoms with E-state index in [1.54, 1.807) is 31.2 Å². The van der Waals surface area contributed by atoms with Crippen molar-refractivity contribution < 1.29 is 29.7 Å². The number of imide groups is 1. The van der Waals surface area contributed by atoms with Crippen molar-refractivity contribution in [2.24, 2.45) is 11.8 Å². The molecule has 2 heterocycles. The number of phenols is 1. The molecule has 0 aromatic heterocycles. The zero-order chi connectivity index (χ0) is 22.7. The maximum atomic E-state index is 13.5. The highest BCUT2D eigenvalue weighted by atomic mass is 79.9. The number of benzene rings is 2. The number of rotatable bonds is 4. The minimum Gasteiger partial charge on any atom is -0.508 e. The van der Waals surface area contributed by atoms with Crippen molar-refractivity contribution in [2.45, 2.75) is 18.5 Å². The largest absolute Gasteiger partial charge is 0.508 e. The number of fused-ring (bicyclic) bond motifs is 1. The van der Waals surface area contributed by atoms with E-state index in [1.165, 1.54) is 12.1 Å². The van der Waals surface area contributed by atoms with Crippen LogP contribution in [0.3, 0.4) is 0 Å². The van der Waals surface area contributed by atoms with Crippen molar-refractivity contribution in [1.82, 2.24) is 5.32 Å². The molecule has 31 heavy (non-hydrogen) atoms. The van der Waals surface area contributed by atoms with E-state index in [-0.39, 0.29) is 17.0 Å². The molecular formula is C21H18BrClN2O6. The maximum absolute atomic E-state index is 13.5. The SMILES string of the molecule is Cc1ccc(N2C(=O)C3C(c4cc(Br)ccc4O)NC(CO)(C(=O)O)C3C2=O)cc1Cl. The van der Waals surface area contributed by atoms with Crippen LogP contribution in [0.5, 0.6) is 5.75 Å². The number of hydrogen-bond acceptors (Lipinski definition) is 6. The minimum atomic E-state index is -2.10. The number of carboxylic acids is 1. The number of anilines is 1. The van der Waals surface area contributed by atoms with E-state index in [2.05, 4.69) is 21.2 Å². The highest BCUT2D eigenvalue weighted by Gasteiger charge is 2.69. The lowest BCUT2D eigenvalue weighted by molar-refractivity contribution is -0.150. The van der Waals surface area contributed by atoms with Crippen molar-refractivity contribution in [3.8, 4) is 5.75 Å². The molecule has 8 nitrogen and oxygen atoms in total. The Hall–Kier alpha value is -2.46. The number of carbonyl (C=O) groups is 3. The third-order valence-electron chi connectivity index (χ3n) is 6.02. The first-order valence-electron chi connectivity index (χ1n) is 9.36. The Balaban J connectivity index is 1.88. The summed E-state index contributed by atoms with van der Waals surface area (Å²) in [4.78, 5) is 40.0. The second-order valence-electron chi connectivity index (χ2n) is 7.71. The topological polar surface area (TPSA) is 127 Å². The molecule has 10 heteroatoms. The van der Waals surface area contributed by atoms with Crippen molar-refractivity contribution >= 4 is 51.0 Å². The molecule has 4 N–H and O–H groups in total. The van der Waals surface area contributed by atoms with Crippen molar-refractivity contribution in [3.63, 3.8) is 0 Å². The van der Waals surface area contributed by atoms with E-state index in [4.69, 9.17) is 11.6 Å². The lowest BCUT2D eigenvalue weighted by atomic mass is 9.79. The average molecular weight is 510 g/mol. The van der Waals surface area contributed by atoms with Gasteiger partial charge >= 0.3 is 5.97 Å². The summed E-state index contributed by atoms with van der Waals surface area (Å²) in [6.45, 7) is 0.849. The molecule has 2 aromatic carbocycles. The van der Waals surface area contributed by atoms with Crippen molar-refractivity contribution in [1.29, 1.82) is 0 Å². The molecule has 2 amide bonds. The first kappa shape index (κ1) is 21.8. The predicted octanol–water partition coefficient (Wildman–Crippen LogP) is 2.38. The number of nitrogens with one attached hydrogen (secondary N) is 1. The molecule has 162 valence electrons. The molecule has 0 radical (unpaired) electrons. The molecule has 2 aromatic rings. The summed E-state index contributed by atoms with van der Waals surface area (Å²) in [6, 6.07) is 8.18. The third kappa shape index (κ3) is 3.15. The van der Waals surface area contributed by atoms with E-state index in [9.17, 15) is 29.7 Å². The van der Waals surface area contributed by atoms with Crippen molar-refractivity contribution in [3.05, 3.63) is 57.0 Å². The van der Waals surface area contributed by atoms with Crippen LogP contribution in [-0.4, -0.2) is 45.2 Å². The lowest BCUT2D eigenvalue weighted by Crippen LogP contribution is -2.58. The number of carbonyl (C=O) groups excluding carboxylic acids is 2. The van der Waals surface area contributed by atoms with E-state index >= 15 is 0 Å². The van der Waals surface area contributed by atoms with Gasteiger partial charge in [-0.05, 0) is 42.8 Å². The molecule has 4 unspecified atom stereocenters. The Morgan fingerprint density at radius 2 is 1.94 bits per heavy atom. The summed E-state index contributed by atoms with van der Waals surface area (Å²) in [5, 5.41) is 33.5. The molecule has 0 bridgehead atoms. The molecule has 2 aliphatic heterocycles. The van der Waals surface area contributed by atoms with Gasteiger partial charge in [0.15, 0.2) is 5.54 Å². The van der Waals surface area contributed by atoms with Crippen LogP contribution in [0, 0.1) is 18.8 Å². The summed E-state index contributed by atoms with van der Waals surface area (Å²) < 4.78 is 0.592. The summed E-state index contributed by atoms with van der Waals surface area (Å²) in [7, 11) is 0. The zero-order valence-corrected chi connectivity index (χ0v) is 18.5. The minimum absolute atomic E-state index is 0.171. The van der Waals surface area contributed by atoms with Gasteiger partial charge in [0, 0.05) is 21.1 Å². The number of carboxylic acid groups (broad SMARTS) is 1. The fraction of sp³-hybridized carbons (Fsp3) is 0.286. The first-order valence-corrected chi connectivity index (χ1v) is 10.5. The van der Waals surface area contributed by atoms with Crippen LogP contribution in [0.15, 0.2) is 40.9 Å². The van der Waals surface area contributed by atoms with Crippen LogP contribution >= 0.6 is 27.5 Å². The van der Waals surface area contributed by atoms with Crippen LogP contribution in [0.25, 0.3) is 0 Å². The third-order valence-corrected chi connectivity index (χ3v) is 6.92. The molecule has 2 saturated heterocycles. The Morgan fingerprint density at radius 3 is 2.55 bits per heavy atom. The fourth-order valence-corrected chi connectivity index (χ4v) is 4.98. The molecule has 0 saturated carbocycles. The van der Waals surface area contributed by atoms with Gasteiger partial charge in [0.05, 0.1) is 24.1 Å². The summed E-state index contributed by atoms with van der Waals surface area (Å²) in [6.07, 6.45) is 0. The van der Waals surface area contributed by atoms with E-state index in [0.29, 0.717) is 9.50 Å². The molecule has 4 atom stereocenters. The van der Waals surface area contributed by atoms with Gasteiger partial charge in [-0.3, -0.25) is 19.7 Å². The van der Waals surface area contributed by atoms with Crippen LogP contribution in [0.4, 0.5) is 5.69 Å². The monoisotopic (exact) mass is 508 g/mol. The first-order chi connectivity index (χ1) is 14.6. The number of aromatic hydroxyl groups is 1. The van der Waals surface area contributed by atoms with Gasteiger partial charge in [-0.25, -0.2) is 4.90 Å². The van der Waals surface area contributed by atoms with Gasteiger partial charge < -0.3 is 15.3 Å². The Bertz CT molecular complexity index is 1130. The Morgan fingerprint density at radius 1 is 1.23 bits per heavy atom. The second-order valence-corrected chi connectivity index (χ2v) is 9.03. The lowest BCUT2D eigenvalue weighted by Gasteiger charge is -2.29. The van der Waals surface area contributed by atoms with Crippen LogP contribution in [0.2, 0.25) is 5.02 Å². The quantitative estimate of drug-likeness (QED) is 0.466. The number of halogens is 2. The van der Waals surface area contributed by atoms with E-state index in [1.807, 2.05) is 0 Å². The van der Waals surface area contributed by atoms with Gasteiger partial charge in [0.25, 0.3) is 0 Å². The Kier molecular flexibility index (Phi) is 5.33. The number of aliphatic hydroxyl groups excluding tert-OH is 1. The maximum Gasteiger partial charge on any atom is 0.327 e. The second kappa shape index (κ2) is 7.59. The number of phenolic OH excluding ortho intramolecular Hbond substituents is 1. The normalized spacial score (nSPS) is 27.6. The number of nitrogens with zero attached hydrogens (tertiary/aromatic N) is 1. The highest BCUT2D eigenvalue weighted by molar-refractivity contribution is 9.10. The number of hydrogen-bond donors (Lipinski definition) is 4. The molecule has 0 aliphatic carbocycles. The van der Waals surface area contributed by atoms with Gasteiger partial charge in [0.1, 0.15) is 5.75 Å².